The Morgan fingerprint density at radius 3 is 3.04 bits per heavy atom. The smallest absolute Gasteiger partial charge is 0.413 e. The molecule has 0 saturated carbocycles. The highest BCUT2D eigenvalue weighted by Gasteiger charge is 2.24. The fourth-order valence-electron chi connectivity index (χ4n) is 3.06. The SMILES string of the molecule is O=C(Cc1ccc2c(c1)CNB2O)Nc1ccc2cnccc2c1. The number of nitrogens with one attached hydrogen (secondary N) is 2. The Balaban J connectivity index is 1.48. The van der Waals surface area contributed by atoms with Crippen LogP contribution in [0.4, 0.5) is 5.69 Å². The quantitative estimate of drug-likeness (QED) is 0.635. The van der Waals surface area contributed by atoms with Gasteiger partial charge in [0.1, 0.15) is 0 Å². The highest BCUT2D eigenvalue weighted by Crippen LogP contribution is 2.18. The minimum atomic E-state index is -0.602. The molecular formula is C18H16BN3O2. The summed E-state index contributed by atoms with van der Waals surface area (Å²) in [6.45, 7) is 0.630. The van der Waals surface area contributed by atoms with Crippen LogP contribution in [0.1, 0.15) is 11.1 Å². The number of carbonyl (C=O) groups excluding carboxylic acids is 1. The van der Waals surface area contributed by atoms with Gasteiger partial charge < -0.3 is 15.6 Å². The number of carbonyl (C=O) groups is 1. The molecule has 0 saturated heterocycles. The molecule has 0 spiro atoms. The van der Waals surface area contributed by atoms with E-state index < -0.39 is 7.05 Å². The molecule has 1 amide bonds. The van der Waals surface area contributed by atoms with Crippen LogP contribution in [0.3, 0.4) is 0 Å². The van der Waals surface area contributed by atoms with Crippen LogP contribution in [0.5, 0.6) is 0 Å². The van der Waals surface area contributed by atoms with Crippen molar-refractivity contribution in [3.8, 4) is 0 Å². The van der Waals surface area contributed by atoms with Gasteiger partial charge in [-0.15, -0.1) is 0 Å². The number of benzene rings is 2. The van der Waals surface area contributed by atoms with E-state index in [4.69, 9.17) is 0 Å². The van der Waals surface area contributed by atoms with Gasteiger partial charge in [0.05, 0.1) is 6.42 Å². The van der Waals surface area contributed by atoms with Crippen molar-refractivity contribution < 1.29 is 9.82 Å². The lowest BCUT2D eigenvalue weighted by Gasteiger charge is -2.08. The van der Waals surface area contributed by atoms with Gasteiger partial charge in [-0.3, -0.25) is 9.78 Å². The van der Waals surface area contributed by atoms with E-state index in [9.17, 15) is 9.82 Å². The molecule has 1 aliphatic rings. The first-order valence-electron chi connectivity index (χ1n) is 7.86. The normalized spacial score (nSPS) is 13.1. The molecule has 0 atom stereocenters. The molecule has 0 aliphatic carbocycles. The summed E-state index contributed by atoms with van der Waals surface area (Å²) >= 11 is 0. The maximum absolute atomic E-state index is 12.3. The molecule has 118 valence electrons. The molecule has 1 aromatic heterocycles. The molecule has 0 unspecified atom stereocenters. The van der Waals surface area contributed by atoms with E-state index in [1.807, 2.05) is 42.5 Å². The number of fused-ring (bicyclic) bond motifs is 2. The maximum atomic E-state index is 12.3. The lowest BCUT2D eigenvalue weighted by Crippen LogP contribution is -2.37. The van der Waals surface area contributed by atoms with Gasteiger partial charge in [0, 0.05) is 30.0 Å². The lowest BCUT2D eigenvalue weighted by molar-refractivity contribution is -0.115. The highest BCUT2D eigenvalue weighted by atomic mass is 16.2. The third-order valence-corrected chi connectivity index (χ3v) is 4.28. The summed E-state index contributed by atoms with van der Waals surface area (Å²) in [5, 5.41) is 17.7. The van der Waals surface area contributed by atoms with Crippen LogP contribution >= 0.6 is 0 Å². The average Bonchev–Trinajstić information content (AvgIpc) is 2.95. The van der Waals surface area contributed by atoms with Crippen LogP contribution in [0.25, 0.3) is 10.8 Å². The van der Waals surface area contributed by atoms with Crippen LogP contribution in [0.2, 0.25) is 0 Å². The fraction of sp³-hybridized carbons (Fsp3) is 0.111. The monoisotopic (exact) mass is 317 g/mol. The predicted molar refractivity (Wildman–Crippen MR) is 95.0 cm³/mol. The highest BCUT2D eigenvalue weighted by molar-refractivity contribution is 6.65. The van der Waals surface area contributed by atoms with Crippen molar-refractivity contribution in [2.24, 2.45) is 0 Å². The zero-order chi connectivity index (χ0) is 16.5. The Morgan fingerprint density at radius 1 is 1.21 bits per heavy atom. The Morgan fingerprint density at radius 2 is 2.12 bits per heavy atom. The number of aromatic nitrogens is 1. The molecule has 5 nitrogen and oxygen atoms in total. The second kappa shape index (κ2) is 6.07. The molecular weight excluding hydrogens is 301 g/mol. The third kappa shape index (κ3) is 2.89. The van der Waals surface area contributed by atoms with E-state index in [0.29, 0.717) is 13.0 Å². The number of nitrogens with zero attached hydrogens (tertiary/aromatic N) is 1. The van der Waals surface area contributed by atoms with Crippen molar-refractivity contribution in [1.29, 1.82) is 0 Å². The molecule has 0 fully saturated rings. The van der Waals surface area contributed by atoms with E-state index in [1.54, 1.807) is 12.4 Å². The fourth-order valence-corrected chi connectivity index (χ4v) is 3.06. The lowest BCUT2D eigenvalue weighted by atomic mass is 9.76. The summed E-state index contributed by atoms with van der Waals surface area (Å²) < 4.78 is 0. The Kier molecular flexibility index (Phi) is 3.76. The number of hydrogen-bond donors (Lipinski definition) is 3. The number of hydrogen-bond acceptors (Lipinski definition) is 4. The van der Waals surface area contributed by atoms with Crippen molar-refractivity contribution in [3.63, 3.8) is 0 Å². The molecule has 6 heteroatoms. The maximum Gasteiger partial charge on any atom is 0.413 e. The van der Waals surface area contributed by atoms with E-state index in [1.165, 1.54) is 0 Å². The van der Waals surface area contributed by atoms with Crippen molar-refractivity contribution in [3.05, 3.63) is 66.0 Å². The topological polar surface area (TPSA) is 74.2 Å². The third-order valence-electron chi connectivity index (χ3n) is 4.28. The minimum Gasteiger partial charge on any atom is -0.433 e. The average molecular weight is 317 g/mol. The minimum absolute atomic E-state index is 0.0603. The van der Waals surface area contributed by atoms with E-state index in [-0.39, 0.29) is 5.91 Å². The van der Waals surface area contributed by atoms with Crippen LogP contribution in [-0.4, -0.2) is 23.0 Å². The van der Waals surface area contributed by atoms with Gasteiger partial charge in [-0.05, 0) is 40.2 Å². The summed E-state index contributed by atoms with van der Waals surface area (Å²) in [5.41, 5.74) is 3.65. The summed E-state index contributed by atoms with van der Waals surface area (Å²) in [6.07, 6.45) is 3.84. The van der Waals surface area contributed by atoms with Gasteiger partial charge in [0.2, 0.25) is 5.91 Å². The van der Waals surface area contributed by atoms with Crippen LogP contribution in [-0.2, 0) is 17.8 Å². The molecule has 2 heterocycles. The molecule has 4 rings (SSSR count). The summed E-state index contributed by atoms with van der Waals surface area (Å²) in [7, 11) is -0.602. The van der Waals surface area contributed by atoms with Crippen molar-refractivity contribution >= 4 is 34.9 Å². The first kappa shape index (κ1) is 14.9. The van der Waals surface area contributed by atoms with E-state index in [2.05, 4.69) is 15.5 Å². The summed E-state index contributed by atoms with van der Waals surface area (Å²) in [4.78, 5) is 16.4. The molecule has 3 aromatic rings. The Bertz CT molecular complexity index is 929. The van der Waals surface area contributed by atoms with Gasteiger partial charge in [-0.2, -0.15) is 0 Å². The number of amides is 1. The van der Waals surface area contributed by atoms with Crippen LogP contribution in [0, 0.1) is 0 Å². The van der Waals surface area contributed by atoms with E-state index >= 15 is 0 Å². The molecule has 3 N–H and O–H groups in total. The molecule has 1 aliphatic heterocycles. The largest absolute Gasteiger partial charge is 0.433 e. The van der Waals surface area contributed by atoms with Gasteiger partial charge >= 0.3 is 7.05 Å². The second-order valence-electron chi connectivity index (χ2n) is 5.98. The van der Waals surface area contributed by atoms with Crippen LogP contribution < -0.4 is 16.0 Å². The first-order chi connectivity index (χ1) is 11.7. The zero-order valence-electron chi connectivity index (χ0n) is 13.0. The predicted octanol–water partition coefficient (Wildman–Crippen LogP) is 1.21. The standard InChI is InChI=1S/C18H16BN3O2/c23-18(8-12-1-4-17-15(7-12)11-21-19(17)24)22-16-3-2-14-10-20-6-5-13(14)9-16/h1-7,9-10,21,24H,8,11H2,(H,22,23). The van der Waals surface area contributed by atoms with Gasteiger partial charge in [0.15, 0.2) is 0 Å². The summed E-state index contributed by atoms with van der Waals surface area (Å²) in [5.74, 6) is -0.0603. The molecule has 2 aromatic carbocycles. The number of rotatable bonds is 3. The van der Waals surface area contributed by atoms with Crippen molar-refractivity contribution in [2.75, 3.05) is 5.32 Å². The van der Waals surface area contributed by atoms with E-state index in [0.717, 1.165) is 33.0 Å². The van der Waals surface area contributed by atoms with Gasteiger partial charge in [-0.25, -0.2) is 0 Å². The molecule has 0 bridgehead atoms. The number of anilines is 1. The first-order valence-corrected chi connectivity index (χ1v) is 7.86. The van der Waals surface area contributed by atoms with Crippen LogP contribution in [0.15, 0.2) is 54.9 Å². The Labute approximate surface area is 139 Å². The van der Waals surface area contributed by atoms with Gasteiger partial charge in [-0.1, -0.05) is 24.3 Å². The zero-order valence-corrected chi connectivity index (χ0v) is 13.0. The molecule has 0 radical (unpaired) electrons. The summed E-state index contributed by atoms with van der Waals surface area (Å²) in [6, 6.07) is 13.4. The van der Waals surface area contributed by atoms with Crippen molar-refractivity contribution in [2.45, 2.75) is 13.0 Å². The Hall–Kier alpha value is -2.70. The van der Waals surface area contributed by atoms with Crippen molar-refractivity contribution in [1.82, 2.24) is 10.2 Å². The number of pyridine rings is 1. The molecule has 24 heavy (non-hydrogen) atoms. The van der Waals surface area contributed by atoms with Gasteiger partial charge in [0.25, 0.3) is 0 Å². The second-order valence-corrected chi connectivity index (χ2v) is 5.98.